The maximum absolute atomic E-state index is 13.3. The van der Waals surface area contributed by atoms with Gasteiger partial charge in [-0.25, -0.2) is 4.39 Å². The summed E-state index contributed by atoms with van der Waals surface area (Å²) in [5, 5.41) is 8.55. The van der Waals surface area contributed by atoms with Crippen LogP contribution in [0.25, 0.3) is 0 Å². The molecule has 3 aromatic rings. The molecule has 9 heteroatoms. The van der Waals surface area contributed by atoms with Gasteiger partial charge in [-0.3, -0.25) is 9.48 Å². The van der Waals surface area contributed by atoms with Gasteiger partial charge in [0, 0.05) is 19.7 Å². The van der Waals surface area contributed by atoms with E-state index in [1.165, 1.54) is 17.0 Å². The zero-order valence-corrected chi connectivity index (χ0v) is 16.5. The Labute approximate surface area is 166 Å². The largest absolute Gasteiger partial charge is 0.489 e. The lowest BCUT2D eigenvalue weighted by atomic mass is 10.2. The molecule has 7 nitrogen and oxygen atoms in total. The van der Waals surface area contributed by atoms with Crippen LogP contribution in [0.3, 0.4) is 0 Å². The van der Waals surface area contributed by atoms with E-state index < -0.39 is 5.82 Å². The Hall–Kier alpha value is -2.87. The fourth-order valence-corrected chi connectivity index (χ4v) is 2.94. The standard InChI is InChI=1S/C19H20ClFN4O3/c1-4-25-17(16(20)9-22-25)10-24(3)19(26)18-15(12(2)28-23-18)11-27-14-7-5-6-13(21)8-14/h5-9H,4,10-11H2,1-3H3. The van der Waals surface area contributed by atoms with Crippen molar-refractivity contribution < 1.29 is 18.4 Å². The second kappa shape index (κ2) is 8.43. The Morgan fingerprint density at radius 1 is 1.43 bits per heavy atom. The monoisotopic (exact) mass is 406 g/mol. The molecule has 0 radical (unpaired) electrons. The van der Waals surface area contributed by atoms with Gasteiger partial charge in [-0.15, -0.1) is 0 Å². The van der Waals surface area contributed by atoms with Crippen LogP contribution in [0, 0.1) is 12.7 Å². The molecule has 0 bridgehead atoms. The number of ether oxygens (including phenoxy) is 1. The van der Waals surface area contributed by atoms with E-state index in [1.807, 2.05) is 6.92 Å². The van der Waals surface area contributed by atoms with E-state index in [2.05, 4.69) is 10.3 Å². The molecule has 28 heavy (non-hydrogen) atoms. The van der Waals surface area contributed by atoms with Crippen LogP contribution in [0.2, 0.25) is 5.02 Å². The maximum Gasteiger partial charge on any atom is 0.276 e. The van der Waals surface area contributed by atoms with Crippen LogP contribution in [0.4, 0.5) is 4.39 Å². The molecule has 0 aliphatic carbocycles. The minimum Gasteiger partial charge on any atom is -0.489 e. The summed E-state index contributed by atoms with van der Waals surface area (Å²) < 4.78 is 25.8. The van der Waals surface area contributed by atoms with Gasteiger partial charge >= 0.3 is 0 Å². The molecule has 0 saturated heterocycles. The lowest BCUT2D eigenvalue weighted by Gasteiger charge is -2.17. The van der Waals surface area contributed by atoms with Crippen LogP contribution in [-0.2, 0) is 19.7 Å². The fraction of sp³-hybridized carbons (Fsp3) is 0.316. The summed E-state index contributed by atoms with van der Waals surface area (Å²) in [6, 6.07) is 5.77. The van der Waals surface area contributed by atoms with E-state index in [9.17, 15) is 9.18 Å². The van der Waals surface area contributed by atoms with E-state index in [0.29, 0.717) is 28.6 Å². The Morgan fingerprint density at radius 3 is 2.93 bits per heavy atom. The van der Waals surface area contributed by atoms with Crippen molar-refractivity contribution in [2.24, 2.45) is 0 Å². The highest BCUT2D eigenvalue weighted by Crippen LogP contribution is 2.22. The van der Waals surface area contributed by atoms with Crippen molar-refractivity contribution in [3.63, 3.8) is 0 Å². The average Bonchev–Trinajstić information content (AvgIpc) is 3.22. The number of hydrogen-bond acceptors (Lipinski definition) is 5. The molecular formula is C19H20ClFN4O3. The number of amides is 1. The molecular weight excluding hydrogens is 387 g/mol. The van der Waals surface area contributed by atoms with Gasteiger partial charge in [0.25, 0.3) is 5.91 Å². The van der Waals surface area contributed by atoms with E-state index in [-0.39, 0.29) is 24.8 Å². The lowest BCUT2D eigenvalue weighted by molar-refractivity contribution is 0.0769. The smallest absolute Gasteiger partial charge is 0.276 e. The van der Waals surface area contributed by atoms with Crippen LogP contribution >= 0.6 is 11.6 Å². The molecule has 0 saturated carbocycles. The quantitative estimate of drug-likeness (QED) is 0.596. The van der Waals surface area contributed by atoms with E-state index in [1.54, 1.807) is 37.0 Å². The van der Waals surface area contributed by atoms with E-state index >= 15 is 0 Å². The van der Waals surface area contributed by atoms with Gasteiger partial charge in [-0.05, 0) is 26.0 Å². The molecule has 0 unspecified atom stereocenters. The number of carbonyl (C=O) groups is 1. The van der Waals surface area contributed by atoms with Gasteiger partial charge in [0.05, 0.1) is 29.0 Å². The molecule has 0 aliphatic rings. The van der Waals surface area contributed by atoms with Crippen molar-refractivity contribution in [3.8, 4) is 5.75 Å². The highest BCUT2D eigenvalue weighted by atomic mass is 35.5. The van der Waals surface area contributed by atoms with E-state index in [0.717, 1.165) is 5.69 Å². The van der Waals surface area contributed by atoms with Gasteiger partial charge in [-0.1, -0.05) is 22.8 Å². The van der Waals surface area contributed by atoms with Crippen molar-refractivity contribution in [2.75, 3.05) is 7.05 Å². The second-order valence-electron chi connectivity index (χ2n) is 6.23. The molecule has 0 fully saturated rings. The highest BCUT2D eigenvalue weighted by Gasteiger charge is 2.24. The lowest BCUT2D eigenvalue weighted by Crippen LogP contribution is -2.29. The summed E-state index contributed by atoms with van der Waals surface area (Å²) in [5.74, 6) is 0.0744. The fourth-order valence-electron chi connectivity index (χ4n) is 2.74. The third kappa shape index (κ3) is 4.17. The topological polar surface area (TPSA) is 73.4 Å². The minimum atomic E-state index is -0.403. The first kappa shape index (κ1) is 19.9. The molecule has 3 rings (SSSR count). The van der Waals surface area contributed by atoms with Crippen molar-refractivity contribution in [1.29, 1.82) is 0 Å². The number of halogens is 2. The molecule has 0 atom stereocenters. The Morgan fingerprint density at radius 2 is 2.21 bits per heavy atom. The summed E-state index contributed by atoms with van der Waals surface area (Å²) in [5.41, 5.74) is 1.39. The van der Waals surface area contributed by atoms with Crippen molar-refractivity contribution in [2.45, 2.75) is 33.5 Å². The average molecular weight is 407 g/mol. The number of aromatic nitrogens is 3. The highest BCUT2D eigenvalue weighted by molar-refractivity contribution is 6.31. The van der Waals surface area contributed by atoms with Crippen LogP contribution in [0.15, 0.2) is 35.0 Å². The number of nitrogens with zero attached hydrogens (tertiary/aromatic N) is 4. The number of benzene rings is 1. The second-order valence-corrected chi connectivity index (χ2v) is 6.64. The zero-order chi connectivity index (χ0) is 20.3. The predicted molar refractivity (Wildman–Crippen MR) is 101 cm³/mol. The van der Waals surface area contributed by atoms with Crippen LogP contribution in [-0.4, -0.2) is 32.8 Å². The van der Waals surface area contributed by atoms with E-state index in [4.69, 9.17) is 20.9 Å². The van der Waals surface area contributed by atoms with Gasteiger partial charge in [-0.2, -0.15) is 5.10 Å². The molecule has 0 spiro atoms. The van der Waals surface area contributed by atoms with Gasteiger partial charge in [0.15, 0.2) is 5.69 Å². The number of aryl methyl sites for hydroxylation is 2. The minimum absolute atomic E-state index is 0.0291. The maximum atomic E-state index is 13.3. The van der Waals surface area contributed by atoms with Crippen LogP contribution < -0.4 is 4.74 Å². The predicted octanol–water partition coefficient (Wildman–Crippen LogP) is 3.84. The molecule has 2 aromatic heterocycles. The SMILES string of the molecule is CCn1ncc(Cl)c1CN(C)C(=O)c1noc(C)c1COc1cccc(F)c1. The molecule has 1 aromatic carbocycles. The zero-order valence-electron chi connectivity index (χ0n) is 15.8. The first-order valence-electron chi connectivity index (χ1n) is 8.69. The van der Waals surface area contributed by atoms with Gasteiger partial charge in [0.1, 0.15) is 23.9 Å². The van der Waals surface area contributed by atoms with Crippen molar-refractivity contribution >= 4 is 17.5 Å². The third-order valence-corrected chi connectivity index (χ3v) is 4.61. The first-order chi connectivity index (χ1) is 13.4. The molecule has 148 valence electrons. The summed E-state index contributed by atoms with van der Waals surface area (Å²) in [7, 11) is 1.65. The number of rotatable bonds is 7. The third-order valence-electron chi connectivity index (χ3n) is 4.30. The van der Waals surface area contributed by atoms with Crippen molar-refractivity contribution in [3.05, 3.63) is 64.0 Å². The Balaban J connectivity index is 1.76. The van der Waals surface area contributed by atoms with Crippen LogP contribution in [0.1, 0.15) is 34.4 Å². The molecule has 1 amide bonds. The Bertz CT molecular complexity index is 985. The van der Waals surface area contributed by atoms with Gasteiger partial charge < -0.3 is 14.2 Å². The summed E-state index contributed by atoms with van der Waals surface area (Å²) in [6.07, 6.45) is 1.55. The molecule has 2 heterocycles. The number of carbonyl (C=O) groups excluding carboxylic acids is 1. The molecule has 0 N–H and O–H groups in total. The number of hydrogen-bond donors (Lipinski definition) is 0. The van der Waals surface area contributed by atoms with Gasteiger partial charge in [0.2, 0.25) is 0 Å². The summed E-state index contributed by atoms with van der Waals surface area (Å²) >= 11 is 6.18. The first-order valence-corrected chi connectivity index (χ1v) is 9.07. The van der Waals surface area contributed by atoms with Crippen LogP contribution in [0.5, 0.6) is 5.75 Å². The Kier molecular flexibility index (Phi) is 5.99. The summed E-state index contributed by atoms with van der Waals surface area (Å²) in [4.78, 5) is 14.4. The normalized spacial score (nSPS) is 10.9. The van der Waals surface area contributed by atoms with Crippen molar-refractivity contribution in [1.82, 2.24) is 19.8 Å². The molecule has 0 aliphatic heterocycles. The summed E-state index contributed by atoms with van der Waals surface area (Å²) in [6.45, 7) is 4.57.